The Morgan fingerprint density at radius 1 is 1.42 bits per heavy atom. The fraction of sp³-hybridized carbons (Fsp3) is 0.900. The lowest BCUT2D eigenvalue weighted by Gasteiger charge is -2.15. The lowest BCUT2D eigenvalue weighted by atomic mass is 10.1. The molecule has 0 radical (unpaired) electrons. The summed E-state index contributed by atoms with van der Waals surface area (Å²) in [5.74, 6) is 0.0379. The monoisotopic (exact) mass is 172 g/mol. The predicted molar refractivity (Wildman–Crippen MR) is 50.2 cm³/mol. The van der Waals surface area contributed by atoms with Crippen LogP contribution in [0.15, 0.2) is 0 Å². The standard InChI is InChI=1S/C10H20O2/c1-4-6-10(5-2)12-8-9(3)7-11/h7,9-10H,4-6,8H2,1-3H3. The summed E-state index contributed by atoms with van der Waals surface area (Å²) in [4.78, 5) is 10.3. The minimum atomic E-state index is 0.0379. The summed E-state index contributed by atoms with van der Waals surface area (Å²) < 4.78 is 5.55. The van der Waals surface area contributed by atoms with Gasteiger partial charge in [0, 0.05) is 5.92 Å². The van der Waals surface area contributed by atoms with E-state index in [1.807, 2.05) is 6.92 Å². The predicted octanol–water partition coefficient (Wildman–Crippen LogP) is 2.42. The van der Waals surface area contributed by atoms with Crippen molar-refractivity contribution >= 4 is 6.29 Å². The van der Waals surface area contributed by atoms with E-state index in [0.717, 1.165) is 25.5 Å². The van der Waals surface area contributed by atoms with Gasteiger partial charge in [0.05, 0.1) is 12.7 Å². The highest BCUT2D eigenvalue weighted by atomic mass is 16.5. The molecule has 0 aliphatic carbocycles. The molecule has 0 saturated carbocycles. The molecule has 2 atom stereocenters. The van der Waals surface area contributed by atoms with Crippen LogP contribution in [0.3, 0.4) is 0 Å². The average molecular weight is 172 g/mol. The van der Waals surface area contributed by atoms with Crippen molar-refractivity contribution in [1.82, 2.24) is 0 Å². The van der Waals surface area contributed by atoms with Gasteiger partial charge in [0.15, 0.2) is 0 Å². The second-order valence-corrected chi connectivity index (χ2v) is 3.27. The second-order valence-electron chi connectivity index (χ2n) is 3.27. The third kappa shape index (κ3) is 5.30. The first kappa shape index (κ1) is 11.6. The summed E-state index contributed by atoms with van der Waals surface area (Å²) in [6.45, 7) is 6.72. The van der Waals surface area contributed by atoms with E-state index in [0.29, 0.717) is 12.7 Å². The maximum atomic E-state index is 10.3. The zero-order valence-electron chi connectivity index (χ0n) is 8.38. The van der Waals surface area contributed by atoms with E-state index in [1.165, 1.54) is 0 Å². The molecular formula is C10H20O2. The van der Waals surface area contributed by atoms with Gasteiger partial charge in [-0.2, -0.15) is 0 Å². The van der Waals surface area contributed by atoms with Crippen LogP contribution >= 0.6 is 0 Å². The fourth-order valence-corrected chi connectivity index (χ4v) is 1.05. The molecule has 0 aromatic heterocycles. The van der Waals surface area contributed by atoms with Gasteiger partial charge in [-0.15, -0.1) is 0 Å². The van der Waals surface area contributed by atoms with Crippen LogP contribution in [0.25, 0.3) is 0 Å². The molecule has 0 aliphatic rings. The van der Waals surface area contributed by atoms with Crippen molar-refractivity contribution in [3.63, 3.8) is 0 Å². The highest BCUT2D eigenvalue weighted by Gasteiger charge is 2.07. The van der Waals surface area contributed by atoms with Gasteiger partial charge < -0.3 is 9.53 Å². The maximum absolute atomic E-state index is 10.3. The molecule has 0 fully saturated rings. The minimum Gasteiger partial charge on any atom is -0.378 e. The van der Waals surface area contributed by atoms with Crippen molar-refractivity contribution in [2.45, 2.75) is 46.1 Å². The van der Waals surface area contributed by atoms with Gasteiger partial charge in [-0.05, 0) is 12.8 Å². The van der Waals surface area contributed by atoms with Gasteiger partial charge in [0.1, 0.15) is 6.29 Å². The van der Waals surface area contributed by atoms with Crippen LogP contribution in [0, 0.1) is 5.92 Å². The Balaban J connectivity index is 3.49. The van der Waals surface area contributed by atoms with E-state index in [4.69, 9.17) is 4.74 Å². The van der Waals surface area contributed by atoms with E-state index in [1.54, 1.807) is 0 Å². The van der Waals surface area contributed by atoms with Gasteiger partial charge >= 0.3 is 0 Å². The minimum absolute atomic E-state index is 0.0379. The number of ether oxygens (including phenoxy) is 1. The average Bonchev–Trinajstić information content (AvgIpc) is 2.11. The molecule has 0 N–H and O–H groups in total. The Hall–Kier alpha value is -0.370. The maximum Gasteiger partial charge on any atom is 0.125 e. The van der Waals surface area contributed by atoms with E-state index < -0.39 is 0 Å². The molecule has 0 rings (SSSR count). The zero-order valence-corrected chi connectivity index (χ0v) is 8.38. The Kier molecular flexibility index (Phi) is 7.06. The number of carbonyl (C=O) groups excluding carboxylic acids is 1. The van der Waals surface area contributed by atoms with E-state index >= 15 is 0 Å². The Bertz CT molecular complexity index is 112. The van der Waals surface area contributed by atoms with Gasteiger partial charge in [0.25, 0.3) is 0 Å². The molecule has 0 amide bonds. The molecule has 0 saturated heterocycles. The molecule has 0 aromatic rings. The van der Waals surface area contributed by atoms with Gasteiger partial charge in [-0.3, -0.25) is 0 Å². The molecule has 2 heteroatoms. The number of hydrogen-bond acceptors (Lipinski definition) is 2. The largest absolute Gasteiger partial charge is 0.378 e. The molecular weight excluding hydrogens is 152 g/mol. The first-order valence-electron chi connectivity index (χ1n) is 4.81. The molecule has 0 spiro atoms. The topological polar surface area (TPSA) is 26.3 Å². The van der Waals surface area contributed by atoms with Crippen molar-refractivity contribution in [2.75, 3.05) is 6.61 Å². The Morgan fingerprint density at radius 3 is 2.50 bits per heavy atom. The van der Waals surface area contributed by atoms with Crippen LogP contribution in [0.4, 0.5) is 0 Å². The highest BCUT2D eigenvalue weighted by molar-refractivity contribution is 5.52. The number of carbonyl (C=O) groups is 1. The summed E-state index contributed by atoms with van der Waals surface area (Å²) in [7, 11) is 0. The third-order valence-corrected chi connectivity index (χ3v) is 1.89. The first-order chi connectivity index (χ1) is 5.74. The van der Waals surface area contributed by atoms with Crippen molar-refractivity contribution in [3.05, 3.63) is 0 Å². The summed E-state index contributed by atoms with van der Waals surface area (Å²) >= 11 is 0. The summed E-state index contributed by atoms with van der Waals surface area (Å²) in [6, 6.07) is 0. The molecule has 0 aliphatic heterocycles. The van der Waals surface area contributed by atoms with Gasteiger partial charge in [0.2, 0.25) is 0 Å². The molecule has 2 unspecified atom stereocenters. The van der Waals surface area contributed by atoms with Crippen molar-refractivity contribution in [2.24, 2.45) is 5.92 Å². The van der Waals surface area contributed by atoms with Crippen LogP contribution in [-0.4, -0.2) is 19.0 Å². The van der Waals surface area contributed by atoms with Crippen LogP contribution in [0.1, 0.15) is 40.0 Å². The Labute approximate surface area is 75.3 Å². The van der Waals surface area contributed by atoms with Crippen LogP contribution < -0.4 is 0 Å². The summed E-state index contributed by atoms with van der Waals surface area (Å²) in [5.41, 5.74) is 0. The Morgan fingerprint density at radius 2 is 2.08 bits per heavy atom. The lowest BCUT2D eigenvalue weighted by Crippen LogP contribution is -2.16. The normalized spacial score (nSPS) is 15.6. The molecule has 0 aromatic carbocycles. The second kappa shape index (κ2) is 7.29. The SMILES string of the molecule is CCCC(CC)OCC(C)C=O. The van der Waals surface area contributed by atoms with Crippen LogP contribution in [0.5, 0.6) is 0 Å². The first-order valence-corrected chi connectivity index (χ1v) is 4.81. The number of hydrogen-bond donors (Lipinski definition) is 0. The number of aldehydes is 1. The summed E-state index contributed by atoms with van der Waals surface area (Å²) in [6.07, 6.45) is 4.58. The molecule has 0 heterocycles. The quantitative estimate of drug-likeness (QED) is 0.551. The van der Waals surface area contributed by atoms with E-state index in [-0.39, 0.29) is 5.92 Å². The van der Waals surface area contributed by atoms with Crippen LogP contribution in [-0.2, 0) is 9.53 Å². The van der Waals surface area contributed by atoms with Gasteiger partial charge in [-0.1, -0.05) is 27.2 Å². The zero-order chi connectivity index (χ0) is 9.40. The number of rotatable bonds is 7. The van der Waals surface area contributed by atoms with Crippen molar-refractivity contribution < 1.29 is 9.53 Å². The van der Waals surface area contributed by atoms with Crippen molar-refractivity contribution in [3.8, 4) is 0 Å². The smallest absolute Gasteiger partial charge is 0.125 e. The van der Waals surface area contributed by atoms with Crippen LogP contribution in [0.2, 0.25) is 0 Å². The highest BCUT2D eigenvalue weighted by Crippen LogP contribution is 2.07. The van der Waals surface area contributed by atoms with E-state index in [9.17, 15) is 4.79 Å². The fourth-order valence-electron chi connectivity index (χ4n) is 1.05. The summed E-state index contributed by atoms with van der Waals surface area (Å²) in [5, 5.41) is 0. The third-order valence-electron chi connectivity index (χ3n) is 1.89. The molecule has 72 valence electrons. The molecule has 2 nitrogen and oxygen atoms in total. The lowest BCUT2D eigenvalue weighted by molar-refractivity contribution is -0.113. The molecule has 12 heavy (non-hydrogen) atoms. The van der Waals surface area contributed by atoms with Crippen molar-refractivity contribution in [1.29, 1.82) is 0 Å². The van der Waals surface area contributed by atoms with Gasteiger partial charge in [-0.25, -0.2) is 0 Å². The van der Waals surface area contributed by atoms with E-state index in [2.05, 4.69) is 13.8 Å². The molecule has 0 bridgehead atoms.